The maximum Gasteiger partial charge on any atom is 0.249 e. The topological polar surface area (TPSA) is 51.0 Å². The van der Waals surface area contributed by atoms with Gasteiger partial charge in [-0.25, -0.2) is 0 Å². The molecular weight excluding hydrogens is 305 g/mol. The van der Waals surface area contributed by atoms with E-state index in [2.05, 4.69) is 31.4 Å². The smallest absolute Gasteiger partial charge is 0.249 e. The van der Waals surface area contributed by atoms with E-state index in [9.17, 15) is 0 Å². The molecule has 2 rings (SSSR count). The summed E-state index contributed by atoms with van der Waals surface area (Å²) in [5, 5.41) is 11.6. The summed E-state index contributed by atoms with van der Waals surface area (Å²) in [7, 11) is 0. The number of rotatable bonds is 4. The zero-order chi connectivity index (χ0) is 12.3. The fourth-order valence-corrected chi connectivity index (χ4v) is 2.08. The van der Waals surface area contributed by atoms with E-state index in [0.29, 0.717) is 23.3 Å². The van der Waals surface area contributed by atoms with Gasteiger partial charge in [0.25, 0.3) is 0 Å². The second-order valence-electron chi connectivity index (χ2n) is 3.41. The molecule has 0 unspecified atom stereocenters. The third-order valence-electron chi connectivity index (χ3n) is 2.15. The third kappa shape index (κ3) is 3.06. The van der Waals surface area contributed by atoms with Crippen LogP contribution in [0.5, 0.6) is 0 Å². The van der Waals surface area contributed by atoms with E-state index >= 15 is 0 Å². The van der Waals surface area contributed by atoms with Crippen LogP contribution in [0.4, 0.5) is 0 Å². The minimum Gasteiger partial charge on any atom is -0.419 e. The van der Waals surface area contributed by atoms with Crippen molar-refractivity contribution in [2.24, 2.45) is 0 Å². The van der Waals surface area contributed by atoms with Crippen molar-refractivity contribution < 1.29 is 4.42 Å². The Morgan fingerprint density at radius 2 is 2.24 bits per heavy atom. The monoisotopic (exact) mass is 315 g/mol. The molecule has 90 valence electrons. The number of halogens is 2. The molecule has 1 aromatic carbocycles. The van der Waals surface area contributed by atoms with Crippen LogP contribution in [0, 0.1) is 0 Å². The number of nitrogens with one attached hydrogen (secondary N) is 1. The minimum absolute atomic E-state index is 0.440. The Morgan fingerprint density at radius 3 is 2.94 bits per heavy atom. The van der Waals surface area contributed by atoms with Crippen LogP contribution in [0.2, 0.25) is 5.02 Å². The quantitative estimate of drug-likeness (QED) is 0.940. The van der Waals surface area contributed by atoms with E-state index in [4.69, 9.17) is 16.0 Å². The first-order chi connectivity index (χ1) is 8.20. The van der Waals surface area contributed by atoms with Crippen LogP contribution in [-0.2, 0) is 6.54 Å². The van der Waals surface area contributed by atoms with Gasteiger partial charge in [0.2, 0.25) is 11.8 Å². The maximum atomic E-state index is 6.10. The summed E-state index contributed by atoms with van der Waals surface area (Å²) in [5.41, 5.74) is 0.741. The van der Waals surface area contributed by atoms with Gasteiger partial charge >= 0.3 is 0 Å². The summed E-state index contributed by atoms with van der Waals surface area (Å²) in [6.45, 7) is 3.44. The van der Waals surface area contributed by atoms with Gasteiger partial charge in [0.15, 0.2) is 0 Å². The number of benzene rings is 1. The van der Waals surface area contributed by atoms with Crippen molar-refractivity contribution in [3.8, 4) is 11.5 Å². The zero-order valence-electron chi connectivity index (χ0n) is 9.20. The van der Waals surface area contributed by atoms with Crippen molar-refractivity contribution in [3.63, 3.8) is 0 Å². The summed E-state index contributed by atoms with van der Waals surface area (Å²) in [4.78, 5) is 0. The molecule has 6 heteroatoms. The van der Waals surface area contributed by atoms with Gasteiger partial charge in [-0.05, 0) is 24.7 Å². The second kappa shape index (κ2) is 5.62. The van der Waals surface area contributed by atoms with Crippen molar-refractivity contribution in [2.45, 2.75) is 13.5 Å². The van der Waals surface area contributed by atoms with Gasteiger partial charge in [-0.1, -0.05) is 34.5 Å². The van der Waals surface area contributed by atoms with Gasteiger partial charge in [-0.2, -0.15) is 0 Å². The Bertz CT molecular complexity index is 515. The molecule has 4 nitrogen and oxygen atoms in total. The summed E-state index contributed by atoms with van der Waals surface area (Å²) in [5.74, 6) is 0.997. The molecule has 0 aliphatic rings. The fraction of sp³-hybridized carbons (Fsp3) is 0.273. The molecule has 0 radical (unpaired) electrons. The molecule has 0 bridgehead atoms. The van der Waals surface area contributed by atoms with Gasteiger partial charge < -0.3 is 9.73 Å². The Hall–Kier alpha value is -0.910. The molecule has 17 heavy (non-hydrogen) atoms. The highest BCUT2D eigenvalue weighted by molar-refractivity contribution is 9.10. The molecule has 0 saturated heterocycles. The van der Waals surface area contributed by atoms with Crippen molar-refractivity contribution >= 4 is 27.5 Å². The molecular formula is C11H11BrClN3O. The average Bonchev–Trinajstić information content (AvgIpc) is 2.75. The first-order valence-corrected chi connectivity index (χ1v) is 6.36. The Balaban J connectivity index is 2.24. The van der Waals surface area contributed by atoms with Crippen LogP contribution in [0.3, 0.4) is 0 Å². The largest absolute Gasteiger partial charge is 0.419 e. The number of aromatic nitrogens is 2. The normalized spacial score (nSPS) is 10.8. The van der Waals surface area contributed by atoms with E-state index in [1.807, 2.05) is 19.1 Å². The number of hydrogen-bond acceptors (Lipinski definition) is 4. The van der Waals surface area contributed by atoms with Gasteiger partial charge in [0.1, 0.15) is 0 Å². The molecule has 0 spiro atoms. The lowest BCUT2D eigenvalue weighted by molar-refractivity contribution is 0.482. The highest BCUT2D eigenvalue weighted by Crippen LogP contribution is 2.29. The summed E-state index contributed by atoms with van der Waals surface area (Å²) < 4.78 is 6.42. The lowest BCUT2D eigenvalue weighted by Gasteiger charge is -1.99. The first-order valence-electron chi connectivity index (χ1n) is 5.19. The van der Waals surface area contributed by atoms with Gasteiger partial charge in [-0.3, -0.25) is 0 Å². The summed E-state index contributed by atoms with van der Waals surface area (Å²) >= 11 is 9.45. The molecule has 1 heterocycles. The third-order valence-corrected chi connectivity index (χ3v) is 2.96. The van der Waals surface area contributed by atoms with E-state index < -0.39 is 0 Å². The predicted octanol–water partition coefficient (Wildman–Crippen LogP) is 3.26. The van der Waals surface area contributed by atoms with Crippen LogP contribution in [0.25, 0.3) is 11.5 Å². The average molecular weight is 317 g/mol. The van der Waals surface area contributed by atoms with Crippen molar-refractivity contribution in [2.75, 3.05) is 6.54 Å². The van der Waals surface area contributed by atoms with Crippen molar-refractivity contribution in [1.29, 1.82) is 0 Å². The Labute approximate surface area is 113 Å². The lowest BCUT2D eigenvalue weighted by atomic mass is 10.2. The number of hydrogen-bond donors (Lipinski definition) is 1. The van der Waals surface area contributed by atoms with Gasteiger partial charge in [0, 0.05) is 4.47 Å². The molecule has 0 atom stereocenters. The molecule has 0 aliphatic heterocycles. The van der Waals surface area contributed by atoms with E-state index in [0.717, 1.165) is 16.6 Å². The van der Waals surface area contributed by atoms with Crippen LogP contribution >= 0.6 is 27.5 Å². The standard InChI is InChI=1S/C11H11BrClN3O/c1-2-14-6-10-15-16-11(17-10)8-4-3-7(12)5-9(8)13/h3-5,14H,2,6H2,1H3. The van der Waals surface area contributed by atoms with Gasteiger partial charge in [0.05, 0.1) is 17.1 Å². The zero-order valence-corrected chi connectivity index (χ0v) is 11.5. The second-order valence-corrected chi connectivity index (χ2v) is 4.73. The summed E-state index contributed by atoms with van der Waals surface area (Å²) in [6, 6.07) is 5.53. The molecule has 0 amide bonds. The van der Waals surface area contributed by atoms with Crippen molar-refractivity contribution in [1.82, 2.24) is 15.5 Å². The molecule has 1 N–H and O–H groups in total. The highest BCUT2D eigenvalue weighted by atomic mass is 79.9. The SMILES string of the molecule is CCNCc1nnc(-c2ccc(Br)cc2Cl)o1. The predicted molar refractivity (Wildman–Crippen MR) is 69.8 cm³/mol. The molecule has 1 aromatic heterocycles. The van der Waals surface area contributed by atoms with Crippen LogP contribution in [-0.4, -0.2) is 16.7 Å². The lowest BCUT2D eigenvalue weighted by Crippen LogP contribution is -2.11. The maximum absolute atomic E-state index is 6.10. The molecule has 0 fully saturated rings. The summed E-state index contributed by atoms with van der Waals surface area (Å²) in [6.07, 6.45) is 0. The van der Waals surface area contributed by atoms with E-state index in [-0.39, 0.29) is 0 Å². The van der Waals surface area contributed by atoms with E-state index in [1.54, 1.807) is 6.07 Å². The fourth-order valence-electron chi connectivity index (χ4n) is 1.33. The first kappa shape index (κ1) is 12.5. The molecule has 2 aromatic rings. The Morgan fingerprint density at radius 1 is 1.41 bits per heavy atom. The van der Waals surface area contributed by atoms with E-state index in [1.165, 1.54) is 0 Å². The van der Waals surface area contributed by atoms with Gasteiger partial charge in [-0.15, -0.1) is 10.2 Å². The molecule has 0 aliphatic carbocycles. The Kier molecular flexibility index (Phi) is 4.15. The van der Waals surface area contributed by atoms with Crippen LogP contribution in [0.15, 0.2) is 27.1 Å². The molecule has 0 saturated carbocycles. The van der Waals surface area contributed by atoms with Crippen molar-refractivity contribution in [3.05, 3.63) is 33.6 Å². The van der Waals surface area contributed by atoms with Crippen LogP contribution in [0.1, 0.15) is 12.8 Å². The highest BCUT2D eigenvalue weighted by Gasteiger charge is 2.11. The minimum atomic E-state index is 0.440. The van der Waals surface area contributed by atoms with Crippen LogP contribution < -0.4 is 5.32 Å². The number of nitrogens with zero attached hydrogens (tertiary/aromatic N) is 2.